The van der Waals surface area contributed by atoms with Crippen molar-refractivity contribution < 1.29 is 14.7 Å². The van der Waals surface area contributed by atoms with Gasteiger partial charge in [0.1, 0.15) is 0 Å². The first-order chi connectivity index (χ1) is 10.3. The molecule has 22 heavy (non-hydrogen) atoms. The maximum Gasteiger partial charge on any atom is 0.317 e. The maximum atomic E-state index is 12.6. The summed E-state index contributed by atoms with van der Waals surface area (Å²) in [6.45, 7) is 9.20. The van der Waals surface area contributed by atoms with E-state index in [1.807, 2.05) is 18.7 Å². The van der Waals surface area contributed by atoms with Crippen molar-refractivity contribution in [3.63, 3.8) is 0 Å². The van der Waals surface area contributed by atoms with Crippen LogP contribution in [0.2, 0.25) is 0 Å². The van der Waals surface area contributed by atoms with Crippen LogP contribution in [0, 0.1) is 16.7 Å². The molecule has 1 saturated heterocycles. The van der Waals surface area contributed by atoms with Gasteiger partial charge >= 0.3 is 12.0 Å². The van der Waals surface area contributed by atoms with Gasteiger partial charge in [0.05, 0.1) is 5.41 Å². The van der Waals surface area contributed by atoms with E-state index in [2.05, 4.69) is 19.2 Å². The average molecular weight is 310 g/mol. The van der Waals surface area contributed by atoms with E-state index in [1.165, 1.54) is 12.8 Å². The Balaban J connectivity index is 2.02. The molecule has 2 rings (SSSR count). The fourth-order valence-electron chi connectivity index (χ4n) is 4.35. The third-order valence-corrected chi connectivity index (χ3v) is 6.11. The first-order valence-electron chi connectivity index (χ1n) is 8.55. The summed E-state index contributed by atoms with van der Waals surface area (Å²) >= 11 is 0. The largest absolute Gasteiger partial charge is 0.481 e. The highest BCUT2D eigenvalue weighted by atomic mass is 16.4. The van der Waals surface area contributed by atoms with E-state index in [9.17, 15) is 14.7 Å². The minimum absolute atomic E-state index is 0.0880. The molecule has 2 fully saturated rings. The Hall–Kier alpha value is -1.26. The Morgan fingerprint density at radius 1 is 1.27 bits per heavy atom. The van der Waals surface area contributed by atoms with Gasteiger partial charge < -0.3 is 15.3 Å². The van der Waals surface area contributed by atoms with Crippen LogP contribution >= 0.6 is 0 Å². The van der Waals surface area contributed by atoms with Gasteiger partial charge in [-0.05, 0) is 37.0 Å². The molecule has 1 saturated carbocycles. The molecule has 5 heteroatoms. The molecule has 2 amide bonds. The van der Waals surface area contributed by atoms with E-state index < -0.39 is 11.4 Å². The van der Waals surface area contributed by atoms with E-state index in [0.29, 0.717) is 24.8 Å². The number of fused-ring (bicyclic) bond motifs is 1. The smallest absolute Gasteiger partial charge is 0.317 e. The van der Waals surface area contributed by atoms with Crippen molar-refractivity contribution in [3.05, 3.63) is 0 Å². The average Bonchev–Trinajstić information content (AvgIpc) is 3.03. The van der Waals surface area contributed by atoms with Crippen LogP contribution in [0.3, 0.4) is 0 Å². The molecule has 0 spiro atoms. The molecule has 2 unspecified atom stereocenters. The second-order valence-corrected chi connectivity index (χ2v) is 7.67. The number of likely N-dealkylation sites (tertiary alicyclic amines) is 1. The Labute approximate surface area is 133 Å². The molecular formula is C17H30N2O3. The minimum Gasteiger partial charge on any atom is -0.481 e. The fourth-order valence-corrected chi connectivity index (χ4v) is 4.35. The molecule has 1 aliphatic carbocycles. The molecule has 0 bridgehead atoms. The first-order valence-corrected chi connectivity index (χ1v) is 8.55. The molecular weight excluding hydrogens is 280 g/mol. The van der Waals surface area contributed by atoms with Gasteiger partial charge in [-0.15, -0.1) is 0 Å². The summed E-state index contributed by atoms with van der Waals surface area (Å²) in [7, 11) is 0. The summed E-state index contributed by atoms with van der Waals surface area (Å²) in [6.07, 6.45) is 4.51. The van der Waals surface area contributed by atoms with Crippen LogP contribution in [-0.4, -0.2) is 41.1 Å². The fraction of sp³-hybridized carbons (Fsp3) is 0.882. The molecule has 126 valence electrons. The highest BCUT2D eigenvalue weighted by molar-refractivity contribution is 5.78. The lowest BCUT2D eigenvalue weighted by Crippen LogP contribution is -2.49. The summed E-state index contributed by atoms with van der Waals surface area (Å²) in [5.74, 6) is -0.238. The van der Waals surface area contributed by atoms with Crippen molar-refractivity contribution in [3.8, 4) is 0 Å². The predicted octanol–water partition coefficient (Wildman–Crippen LogP) is 3.10. The van der Waals surface area contributed by atoms with Crippen LogP contribution in [0.15, 0.2) is 0 Å². The zero-order valence-corrected chi connectivity index (χ0v) is 14.3. The summed E-state index contributed by atoms with van der Waals surface area (Å²) in [6, 6.07) is 0.243. The molecule has 2 atom stereocenters. The second kappa shape index (κ2) is 6.09. The lowest BCUT2D eigenvalue weighted by atomic mass is 9.80. The number of hydrogen-bond donors (Lipinski definition) is 2. The Morgan fingerprint density at radius 2 is 1.91 bits per heavy atom. The molecule has 0 radical (unpaired) electrons. The number of amides is 2. The van der Waals surface area contributed by atoms with Crippen molar-refractivity contribution in [1.82, 2.24) is 10.2 Å². The molecule has 1 heterocycles. The van der Waals surface area contributed by atoms with Gasteiger partial charge in [0.25, 0.3) is 0 Å². The van der Waals surface area contributed by atoms with Gasteiger partial charge in [0.15, 0.2) is 0 Å². The summed E-state index contributed by atoms with van der Waals surface area (Å²) < 4.78 is 0. The monoisotopic (exact) mass is 310 g/mol. The lowest BCUT2D eigenvalue weighted by Gasteiger charge is -2.30. The number of carboxylic acid groups (broad SMARTS) is 1. The molecule has 0 aromatic rings. The molecule has 0 aromatic carbocycles. The van der Waals surface area contributed by atoms with Gasteiger partial charge in [-0.2, -0.15) is 0 Å². The third kappa shape index (κ3) is 2.82. The van der Waals surface area contributed by atoms with Crippen LogP contribution < -0.4 is 5.32 Å². The molecule has 0 aromatic heterocycles. The molecule has 2 aliphatic rings. The van der Waals surface area contributed by atoms with Crippen LogP contribution in [0.25, 0.3) is 0 Å². The molecule has 5 nitrogen and oxygen atoms in total. The zero-order chi connectivity index (χ0) is 16.5. The van der Waals surface area contributed by atoms with Crippen LogP contribution in [0.5, 0.6) is 0 Å². The Kier molecular flexibility index (Phi) is 4.73. The lowest BCUT2D eigenvalue weighted by molar-refractivity contribution is -0.149. The van der Waals surface area contributed by atoms with E-state index in [1.54, 1.807) is 0 Å². The number of carbonyl (C=O) groups is 2. The van der Waals surface area contributed by atoms with Crippen molar-refractivity contribution in [2.45, 2.75) is 65.8 Å². The van der Waals surface area contributed by atoms with E-state index in [-0.39, 0.29) is 18.0 Å². The van der Waals surface area contributed by atoms with Gasteiger partial charge in [-0.25, -0.2) is 4.79 Å². The van der Waals surface area contributed by atoms with Crippen molar-refractivity contribution >= 4 is 12.0 Å². The van der Waals surface area contributed by atoms with Crippen LogP contribution in [0.4, 0.5) is 4.79 Å². The number of urea groups is 1. The Morgan fingerprint density at radius 3 is 2.45 bits per heavy atom. The van der Waals surface area contributed by atoms with Crippen molar-refractivity contribution in [1.29, 1.82) is 0 Å². The number of aliphatic carboxylic acids is 1. The maximum absolute atomic E-state index is 12.6. The minimum atomic E-state index is -0.847. The highest BCUT2D eigenvalue weighted by Gasteiger charge is 2.50. The number of nitrogens with one attached hydrogen (secondary N) is 1. The van der Waals surface area contributed by atoms with E-state index >= 15 is 0 Å². The Bertz CT molecular complexity index is 443. The summed E-state index contributed by atoms with van der Waals surface area (Å²) in [5, 5.41) is 12.4. The van der Waals surface area contributed by atoms with E-state index in [4.69, 9.17) is 0 Å². The van der Waals surface area contributed by atoms with Gasteiger partial charge in [-0.3, -0.25) is 4.79 Å². The molecule has 2 N–H and O–H groups in total. The topological polar surface area (TPSA) is 69.6 Å². The first kappa shape index (κ1) is 17.1. The van der Waals surface area contributed by atoms with Crippen molar-refractivity contribution in [2.24, 2.45) is 16.7 Å². The van der Waals surface area contributed by atoms with Crippen LogP contribution in [0.1, 0.15) is 59.8 Å². The number of rotatable bonds is 5. The predicted molar refractivity (Wildman–Crippen MR) is 85.7 cm³/mol. The number of hydrogen-bond acceptors (Lipinski definition) is 2. The quantitative estimate of drug-likeness (QED) is 0.820. The van der Waals surface area contributed by atoms with Gasteiger partial charge in [-0.1, -0.05) is 34.1 Å². The van der Waals surface area contributed by atoms with Gasteiger partial charge in [0.2, 0.25) is 0 Å². The van der Waals surface area contributed by atoms with E-state index in [0.717, 1.165) is 13.0 Å². The summed E-state index contributed by atoms with van der Waals surface area (Å²) in [4.78, 5) is 26.1. The summed E-state index contributed by atoms with van der Waals surface area (Å²) in [5.41, 5.74) is -0.683. The second-order valence-electron chi connectivity index (χ2n) is 7.67. The SMILES string of the molecule is CCC(CC)(CNC(=O)N1CC(C)(C)C2CCCC21)C(=O)O. The number of nitrogens with zero attached hydrogens (tertiary/aromatic N) is 1. The van der Waals surface area contributed by atoms with Gasteiger partial charge in [0, 0.05) is 19.1 Å². The molecule has 1 aliphatic heterocycles. The number of carboxylic acids is 1. The normalized spacial score (nSPS) is 26.8. The zero-order valence-electron chi connectivity index (χ0n) is 14.3. The highest BCUT2D eigenvalue weighted by Crippen LogP contribution is 2.48. The third-order valence-electron chi connectivity index (χ3n) is 6.11. The number of carbonyl (C=O) groups excluding carboxylic acids is 1. The standard InChI is InChI=1S/C17H30N2O3/c1-5-17(6-2,14(20)21)10-18-15(22)19-11-16(3,4)12-8-7-9-13(12)19/h12-13H,5-11H2,1-4H3,(H,18,22)(H,20,21). The van der Waals surface area contributed by atoms with Crippen LogP contribution in [-0.2, 0) is 4.79 Å². The van der Waals surface area contributed by atoms with Crippen molar-refractivity contribution in [2.75, 3.05) is 13.1 Å².